The first-order valence-electron chi connectivity index (χ1n) is 7.10. The third-order valence-corrected chi connectivity index (χ3v) is 3.99. The van der Waals surface area contributed by atoms with Crippen LogP contribution >= 0.6 is 0 Å². The van der Waals surface area contributed by atoms with Gasteiger partial charge in [-0.2, -0.15) is 5.10 Å². The van der Waals surface area contributed by atoms with E-state index in [1.54, 1.807) is 0 Å². The summed E-state index contributed by atoms with van der Waals surface area (Å²) < 4.78 is 1.91. The number of hydrazine groups is 1. The van der Waals surface area contributed by atoms with Gasteiger partial charge < -0.3 is 0 Å². The van der Waals surface area contributed by atoms with Gasteiger partial charge in [-0.3, -0.25) is 16.0 Å². The molecule has 0 fully saturated rings. The lowest BCUT2D eigenvalue weighted by Gasteiger charge is -2.17. The van der Waals surface area contributed by atoms with Crippen LogP contribution in [-0.2, 0) is 19.9 Å². The molecule has 0 radical (unpaired) electrons. The van der Waals surface area contributed by atoms with Gasteiger partial charge in [-0.15, -0.1) is 0 Å². The van der Waals surface area contributed by atoms with Crippen LogP contribution in [0.5, 0.6) is 0 Å². The van der Waals surface area contributed by atoms with E-state index in [4.69, 9.17) is 5.84 Å². The maximum absolute atomic E-state index is 5.77. The summed E-state index contributed by atoms with van der Waals surface area (Å²) in [6, 6.07) is 8.84. The first kappa shape index (κ1) is 14.8. The topological polar surface area (TPSA) is 55.9 Å². The maximum atomic E-state index is 5.77. The van der Waals surface area contributed by atoms with Crippen molar-refractivity contribution in [1.82, 2.24) is 15.2 Å². The van der Waals surface area contributed by atoms with Gasteiger partial charge in [-0.05, 0) is 37.8 Å². The second-order valence-electron chi connectivity index (χ2n) is 5.30. The molecular formula is C16H24N4. The molecule has 20 heavy (non-hydrogen) atoms. The Labute approximate surface area is 121 Å². The van der Waals surface area contributed by atoms with Crippen LogP contribution in [0, 0.1) is 13.8 Å². The monoisotopic (exact) mass is 272 g/mol. The molecule has 0 aliphatic rings. The highest BCUT2D eigenvalue weighted by Crippen LogP contribution is 2.24. The van der Waals surface area contributed by atoms with Crippen LogP contribution in [0.25, 0.3) is 0 Å². The van der Waals surface area contributed by atoms with Crippen LogP contribution < -0.4 is 11.3 Å². The van der Waals surface area contributed by atoms with E-state index in [-0.39, 0.29) is 6.04 Å². The van der Waals surface area contributed by atoms with Gasteiger partial charge in [0.25, 0.3) is 0 Å². The van der Waals surface area contributed by atoms with Gasteiger partial charge in [0.05, 0.1) is 11.7 Å². The summed E-state index contributed by atoms with van der Waals surface area (Å²) in [6.07, 6.45) is 1.94. The zero-order valence-corrected chi connectivity index (χ0v) is 12.8. The first-order chi connectivity index (χ1) is 9.56. The van der Waals surface area contributed by atoms with Crippen LogP contribution in [0.1, 0.15) is 41.0 Å². The van der Waals surface area contributed by atoms with E-state index >= 15 is 0 Å². The summed E-state index contributed by atoms with van der Waals surface area (Å²) in [6.45, 7) is 6.29. The van der Waals surface area contributed by atoms with Crippen molar-refractivity contribution in [3.63, 3.8) is 0 Å². The smallest absolute Gasteiger partial charge is 0.0644 e. The minimum Gasteiger partial charge on any atom is -0.272 e. The highest BCUT2D eigenvalue weighted by molar-refractivity contribution is 5.31. The molecule has 0 amide bonds. The molecule has 4 heteroatoms. The quantitative estimate of drug-likeness (QED) is 0.649. The van der Waals surface area contributed by atoms with Crippen molar-refractivity contribution in [2.45, 2.75) is 39.7 Å². The number of hydrogen-bond donors (Lipinski definition) is 2. The molecule has 0 bridgehead atoms. The van der Waals surface area contributed by atoms with Gasteiger partial charge in [0.2, 0.25) is 0 Å². The number of aromatic nitrogens is 2. The molecule has 0 aliphatic carbocycles. The third-order valence-electron chi connectivity index (χ3n) is 3.99. The Bertz CT molecular complexity index is 569. The molecule has 108 valence electrons. The molecule has 1 unspecified atom stereocenters. The van der Waals surface area contributed by atoms with E-state index in [2.05, 4.69) is 48.6 Å². The van der Waals surface area contributed by atoms with Crippen molar-refractivity contribution in [3.8, 4) is 0 Å². The number of nitrogens with two attached hydrogens (primary N) is 1. The molecule has 0 spiro atoms. The van der Waals surface area contributed by atoms with Gasteiger partial charge in [0.15, 0.2) is 0 Å². The van der Waals surface area contributed by atoms with E-state index in [1.807, 2.05) is 18.7 Å². The minimum absolute atomic E-state index is 0.0937. The maximum Gasteiger partial charge on any atom is 0.0644 e. The highest BCUT2D eigenvalue weighted by Gasteiger charge is 2.19. The molecule has 3 N–H and O–H groups in total. The lowest BCUT2D eigenvalue weighted by atomic mass is 9.97. The van der Waals surface area contributed by atoms with Crippen molar-refractivity contribution >= 4 is 0 Å². The molecule has 1 atom stereocenters. The Kier molecular flexibility index (Phi) is 4.57. The molecule has 4 nitrogen and oxygen atoms in total. The van der Waals surface area contributed by atoms with Crippen LogP contribution in [0.3, 0.4) is 0 Å². The number of rotatable bonds is 5. The molecule has 0 saturated carbocycles. The lowest BCUT2D eigenvalue weighted by Crippen LogP contribution is -2.30. The Morgan fingerprint density at radius 1 is 1.20 bits per heavy atom. The predicted octanol–water partition coefficient (Wildman–Crippen LogP) is 2.35. The Balaban J connectivity index is 2.24. The molecular weight excluding hydrogens is 248 g/mol. The van der Waals surface area contributed by atoms with Crippen molar-refractivity contribution < 1.29 is 0 Å². The lowest BCUT2D eigenvalue weighted by molar-refractivity contribution is 0.546. The predicted molar refractivity (Wildman–Crippen MR) is 82.3 cm³/mol. The SMILES string of the molecule is CCc1ccc(CC(NN)c2c(C)nn(C)c2C)cc1. The van der Waals surface area contributed by atoms with Gasteiger partial charge in [0.1, 0.15) is 0 Å². The van der Waals surface area contributed by atoms with Crippen molar-refractivity contribution in [2.24, 2.45) is 12.9 Å². The second kappa shape index (κ2) is 6.20. The third kappa shape index (κ3) is 2.92. The number of benzene rings is 1. The number of aryl methyl sites for hydroxylation is 3. The summed E-state index contributed by atoms with van der Waals surface area (Å²) in [7, 11) is 1.97. The molecule has 1 aromatic carbocycles. The molecule has 1 aromatic heterocycles. The standard InChI is InChI=1S/C16H24N4/c1-5-13-6-8-14(9-7-13)10-15(18-17)16-11(2)19-20(4)12(16)3/h6-9,15,18H,5,10,17H2,1-4H3. The van der Waals surface area contributed by atoms with Gasteiger partial charge in [0, 0.05) is 18.3 Å². The van der Waals surface area contributed by atoms with Crippen LogP contribution in [0.4, 0.5) is 0 Å². The zero-order chi connectivity index (χ0) is 14.7. The van der Waals surface area contributed by atoms with Crippen molar-refractivity contribution in [1.29, 1.82) is 0 Å². The van der Waals surface area contributed by atoms with E-state index in [9.17, 15) is 0 Å². The Morgan fingerprint density at radius 3 is 2.25 bits per heavy atom. The first-order valence-corrected chi connectivity index (χ1v) is 7.10. The van der Waals surface area contributed by atoms with Crippen LogP contribution in [-0.4, -0.2) is 9.78 Å². The Hall–Kier alpha value is -1.65. The van der Waals surface area contributed by atoms with E-state index in [0.717, 1.165) is 24.2 Å². The fraction of sp³-hybridized carbons (Fsp3) is 0.438. The summed E-state index contributed by atoms with van der Waals surface area (Å²) in [5, 5.41) is 4.47. The van der Waals surface area contributed by atoms with Crippen LogP contribution in [0.15, 0.2) is 24.3 Å². The second-order valence-corrected chi connectivity index (χ2v) is 5.30. The van der Waals surface area contributed by atoms with Gasteiger partial charge >= 0.3 is 0 Å². The fourth-order valence-electron chi connectivity index (χ4n) is 2.69. The molecule has 0 aliphatic heterocycles. The summed E-state index contributed by atoms with van der Waals surface area (Å²) in [5.74, 6) is 5.77. The van der Waals surface area contributed by atoms with Gasteiger partial charge in [-0.25, -0.2) is 0 Å². The summed E-state index contributed by atoms with van der Waals surface area (Å²) >= 11 is 0. The zero-order valence-electron chi connectivity index (χ0n) is 12.8. The minimum atomic E-state index is 0.0937. The van der Waals surface area contributed by atoms with E-state index in [0.29, 0.717) is 0 Å². The average molecular weight is 272 g/mol. The normalized spacial score (nSPS) is 12.7. The van der Waals surface area contributed by atoms with Crippen molar-refractivity contribution in [2.75, 3.05) is 0 Å². The average Bonchev–Trinajstić information content (AvgIpc) is 2.71. The fourth-order valence-corrected chi connectivity index (χ4v) is 2.69. The summed E-state index contributed by atoms with van der Waals surface area (Å²) in [4.78, 5) is 0. The van der Waals surface area contributed by atoms with E-state index < -0.39 is 0 Å². The number of hydrogen-bond acceptors (Lipinski definition) is 3. The molecule has 2 aromatic rings. The number of nitrogens with one attached hydrogen (secondary N) is 1. The Morgan fingerprint density at radius 2 is 1.80 bits per heavy atom. The molecule has 0 saturated heterocycles. The molecule has 2 rings (SSSR count). The number of nitrogens with zero attached hydrogens (tertiary/aromatic N) is 2. The van der Waals surface area contributed by atoms with Gasteiger partial charge in [-0.1, -0.05) is 31.2 Å². The van der Waals surface area contributed by atoms with E-state index in [1.165, 1.54) is 16.7 Å². The largest absolute Gasteiger partial charge is 0.272 e. The highest BCUT2D eigenvalue weighted by atomic mass is 15.3. The molecule has 1 heterocycles. The summed E-state index contributed by atoms with van der Waals surface area (Å²) in [5.41, 5.74) is 8.99. The van der Waals surface area contributed by atoms with Crippen molar-refractivity contribution in [3.05, 3.63) is 52.3 Å². The van der Waals surface area contributed by atoms with Crippen LogP contribution in [0.2, 0.25) is 0 Å².